The summed E-state index contributed by atoms with van der Waals surface area (Å²) in [6, 6.07) is 9.20. The van der Waals surface area contributed by atoms with E-state index in [1.165, 1.54) is 28.9 Å². The van der Waals surface area contributed by atoms with Crippen molar-refractivity contribution in [2.45, 2.75) is 71.0 Å². The summed E-state index contributed by atoms with van der Waals surface area (Å²) >= 11 is 0. The van der Waals surface area contributed by atoms with Gasteiger partial charge in [-0.15, -0.1) is 0 Å². The Hall–Kier alpha value is -1.35. The van der Waals surface area contributed by atoms with Crippen molar-refractivity contribution in [3.8, 4) is 0 Å². The third kappa shape index (κ3) is 4.57. The Labute approximate surface area is 135 Å². The maximum atomic E-state index is 12.3. The van der Waals surface area contributed by atoms with E-state index in [4.69, 9.17) is 0 Å². The molecule has 1 amide bonds. The molecule has 1 aliphatic carbocycles. The van der Waals surface area contributed by atoms with Gasteiger partial charge < -0.3 is 10.2 Å². The minimum atomic E-state index is -0.00891. The number of hydrogen-bond donors (Lipinski definition) is 2. The predicted octanol–water partition coefficient (Wildman–Crippen LogP) is 2.27. The largest absolute Gasteiger partial charge is 0.348 e. The maximum absolute atomic E-state index is 12.3. The average Bonchev–Trinajstić information content (AvgIpc) is 2.99. The third-order valence-corrected chi connectivity index (χ3v) is 4.96. The van der Waals surface area contributed by atoms with Crippen molar-refractivity contribution in [1.82, 2.24) is 5.32 Å². The normalized spacial score (nSPS) is 18.4. The van der Waals surface area contributed by atoms with Gasteiger partial charge in [-0.3, -0.25) is 4.79 Å². The van der Waals surface area contributed by atoms with Gasteiger partial charge in [-0.05, 0) is 31.2 Å². The van der Waals surface area contributed by atoms with E-state index in [1.807, 2.05) is 6.92 Å². The molecule has 2 atom stereocenters. The molecule has 0 aliphatic heterocycles. The van der Waals surface area contributed by atoms with E-state index in [0.717, 1.165) is 19.4 Å². The van der Waals surface area contributed by atoms with Crippen molar-refractivity contribution in [2.24, 2.45) is 0 Å². The first kappa shape index (κ1) is 17.0. The fourth-order valence-corrected chi connectivity index (χ4v) is 3.12. The lowest BCUT2D eigenvalue weighted by atomic mass is 10.0. The monoisotopic (exact) mass is 303 g/mol. The van der Waals surface area contributed by atoms with Gasteiger partial charge in [0.1, 0.15) is 6.54 Å². The lowest BCUT2D eigenvalue weighted by Gasteiger charge is -2.23. The molecule has 1 unspecified atom stereocenters. The molecule has 1 aromatic rings. The van der Waals surface area contributed by atoms with Gasteiger partial charge in [0.15, 0.2) is 6.04 Å². The molecule has 0 saturated heterocycles. The van der Waals surface area contributed by atoms with Crippen LogP contribution in [0, 0.1) is 0 Å². The van der Waals surface area contributed by atoms with Crippen molar-refractivity contribution in [1.29, 1.82) is 0 Å². The molecular formula is C19H31N2O+. The fraction of sp³-hybridized carbons (Fsp3) is 0.632. The molecule has 0 radical (unpaired) electrons. The SMILES string of the molecule is CC(C)c1ccc(C[NH+](C)[C@H](C)C(=O)NC2CCCC2)cc1. The number of rotatable bonds is 6. The Morgan fingerprint density at radius 3 is 2.32 bits per heavy atom. The van der Waals surface area contributed by atoms with Crippen LogP contribution in [0.25, 0.3) is 0 Å². The molecule has 1 aromatic carbocycles. The molecule has 1 aliphatic rings. The molecule has 0 bridgehead atoms. The lowest BCUT2D eigenvalue weighted by Crippen LogP contribution is -3.12. The standard InChI is InChI=1S/C19H30N2O/c1-14(2)17-11-9-16(10-12-17)13-21(4)15(3)19(22)20-18-7-5-6-8-18/h9-12,14-15,18H,5-8,13H2,1-4H3,(H,20,22)/p+1/t15-/m1/s1. The van der Waals surface area contributed by atoms with E-state index in [-0.39, 0.29) is 11.9 Å². The summed E-state index contributed by atoms with van der Waals surface area (Å²) < 4.78 is 0. The zero-order valence-electron chi connectivity index (χ0n) is 14.5. The van der Waals surface area contributed by atoms with Gasteiger partial charge in [-0.1, -0.05) is 51.0 Å². The molecule has 0 aromatic heterocycles. The lowest BCUT2D eigenvalue weighted by molar-refractivity contribution is -0.908. The highest BCUT2D eigenvalue weighted by Gasteiger charge is 2.25. The molecule has 1 fully saturated rings. The molecule has 22 heavy (non-hydrogen) atoms. The summed E-state index contributed by atoms with van der Waals surface area (Å²) in [6.45, 7) is 7.34. The van der Waals surface area contributed by atoms with Crippen molar-refractivity contribution in [2.75, 3.05) is 7.05 Å². The minimum absolute atomic E-state index is 0.00891. The number of hydrogen-bond acceptors (Lipinski definition) is 1. The quantitative estimate of drug-likeness (QED) is 0.830. The van der Waals surface area contributed by atoms with Gasteiger partial charge in [-0.25, -0.2) is 0 Å². The topological polar surface area (TPSA) is 33.5 Å². The first-order valence-corrected chi connectivity index (χ1v) is 8.69. The van der Waals surface area contributed by atoms with E-state index in [9.17, 15) is 4.79 Å². The van der Waals surface area contributed by atoms with Crippen LogP contribution in [0.2, 0.25) is 0 Å². The first-order valence-electron chi connectivity index (χ1n) is 8.69. The zero-order chi connectivity index (χ0) is 16.1. The van der Waals surface area contributed by atoms with Crippen LogP contribution in [0.5, 0.6) is 0 Å². The summed E-state index contributed by atoms with van der Waals surface area (Å²) in [5.74, 6) is 0.762. The van der Waals surface area contributed by atoms with Gasteiger partial charge >= 0.3 is 0 Å². The van der Waals surface area contributed by atoms with Crippen LogP contribution < -0.4 is 10.2 Å². The van der Waals surface area contributed by atoms with Crippen molar-refractivity contribution < 1.29 is 9.69 Å². The molecule has 122 valence electrons. The van der Waals surface area contributed by atoms with Crippen LogP contribution in [0.1, 0.15) is 63.5 Å². The Morgan fingerprint density at radius 2 is 1.77 bits per heavy atom. The summed E-state index contributed by atoms with van der Waals surface area (Å²) in [7, 11) is 2.11. The van der Waals surface area contributed by atoms with Crippen LogP contribution in [-0.4, -0.2) is 25.0 Å². The molecule has 0 heterocycles. The van der Waals surface area contributed by atoms with Gasteiger partial charge in [0.25, 0.3) is 5.91 Å². The Bertz CT molecular complexity index is 475. The first-order chi connectivity index (χ1) is 10.5. The molecule has 3 nitrogen and oxygen atoms in total. The Kier molecular flexibility index (Phi) is 6.01. The summed E-state index contributed by atoms with van der Waals surface area (Å²) in [6.07, 6.45) is 4.80. The predicted molar refractivity (Wildman–Crippen MR) is 91.0 cm³/mol. The van der Waals surface area contributed by atoms with Gasteiger partial charge in [0.2, 0.25) is 0 Å². The molecule has 2 rings (SSSR count). The highest BCUT2D eigenvalue weighted by atomic mass is 16.2. The van der Waals surface area contributed by atoms with Gasteiger partial charge in [0.05, 0.1) is 7.05 Å². The van der Waals surface area contributed by atoms with E-state index < -0.39 is 0 Å². The fourth-order valence-electron chi connectivity index (χ4n) is 3.12. The van der Waals surface area contributed by atoms with Crippen molar-refractivity contribution >= 4 is 5.91 Å². The second-order valence-corrected chi connectivity index (χ2v) is 7.13. The third-order valence-electron chi connectivity index (χ3n) is 4.96. The molecule has 3 heteroatoms. The highest BCUT2D eigenvalue weighted by Crippen LogP contribution is 2.17. The van der Waals surface area contributed by atoms with Crippen LogP contribution in [0.15, 0.2) is 24.3 Å². The van der Waals surface area contributed by atoms with E-state index in [1.54, 1.807) is 0 Å². The maximum Gasteiger partial charge on any atom is 0.278 e. The molecular weight excluding hydrogens is 272 g/mol. The summed E-state index contributed by atoms with van der Waals surface area (Å²) in [4.78, 5) is 13.6. The average molecular weight is 303 g/mol. The van der Waals surface area contributed by atoms with Crippen LogP contribution in [0.4, 0.5) is 0 Å². The smallest absolute Gasteiger partial charge is 0.278 e. The van der Waals surface area contributed by atoms with Crippen molar-refractivity contribution in [3.05, 3.63) is 35.4 Å². The van der Waals surface area contributed by atoms with E-state index in [2.05, 4.69) is 50.5 Å². The molecule has 1 saturated carbocycles. The van der Waals surface area contributed by atoms with Gasteiger partial charge in [0, 0.05) is 11.6 Å². The highest BCUT2D eigenvalue weighted by molar-refractivity contribution is 5.80. The number of quaternary nitrogens is 1. The number of carbonyl (C=O) groups is 1. The van der Waals surface area contributed by atoms with Crippen LogP contribution >= 0.6 is 0 Å². The Balaban J connectivity index is 1.86. The Morgan fingerprint density at radius 1 is 1.18 bits per heavy atom. The van der Waals surface area contributed by atoms with E-state index >= 15 is 0 Å². The van der Waals surface area contributed by atoms with Crippen molar-refractivity contribution in [3.63, 3.8) is 0 Å². The number of nitrogens with one attached hydrogen (secondary N) is 2. The van der Waals surface area contributed by atoms with Crippen LogP contribution in [-0.2, 0) is 11.3 Å². The number of benzene rings is 1. The zero-order valence-corrected chi connectivity index (χ0v) is 14.5. The van der Waals surface area contributed by atoms with E-state index in [0.29, 0.717) is 12.0 Å². The minimum Gasteiger partial charge on any atom is -0.348 e. The molecule has 0 spiro atoms. The second kappa shape index (κ2) is 7.77. The van der Waals surface area contributed by atoms with Crippen LogP contribution in [0.3, 0.4) is 0 Å². The molecule has 2 N–H and O–H groups in total. The summed E-state index contributed by atoms with van der Waals surface area (Å²) in [5, 5.41) is 3.21. The van der Waals surface area contributed by atoms with Gasteiger partial charge in [-0.2, -0.15) is 0 Å². The number of likely N-dealkylation sites (N-methyl/N-ethyl adjacent to an activating group) is 1. The second-order valence-electron chi connectivity index (χ2n) is 7.13. The number of amides is 1. The summed E-state index contributed by atoms with van der Waals surface area (Å²) in [5.41, 5.74) is 2.66. The number of carbonyl (C=O) groups excluding carboxylic acids is 1.